The highest BCUT2D eigenvalue weighted by atomic mass is 32.1. The molecular weight excluding hydrogens is 425 g/mol. The second kappa shape index (κ2) is 8.16. The smallest absolute Gasteiger partial charge is 0.270 e. The molecule has 2 heterocycles. The standard InChI is InChI=1S/C25H22FN3O2S/c1-14-5-10-22(15(2)11-14)28-16(3)12-18(17(28)4)13-21-23(30)27-25(32)29(24(21)31)20-8-6-19(26)7-9-20/h5-13H,1-4H3,(H,27,30,32)/b21-13-. The molecule has 2 amide bonds. The lowest BCUT2D eigenvalue weighted by Gasteiger charge is -2.28. The lowest BCUT2D eigenvalue weighted by molar-refractivity contribution is -0.122. The number of hydrogen-bond donors (Lipinski definition) is 1. The SMILES string of the molecule is Cc1ccc(-n2c(C)cc(/C=C3/C(=O)NC(=S)N(c4ccc(F)cc4)C3=O)c2C)c(C)c1. The molecule has 1 aliphatic heterocycles. The van der Waals surface area contributed by atoms with Crippen LogP contribution in [0.4, 0.5) is 10.1 Å². The zero-order valence-corrected chi connectivity index (χ0v) is 19.0. The van der Waals surface area contributed by atoms with Gasteiger partial charge in [-0.2, -0.15) is 0 Å². The van der Waals surface area contributed by atoms with E-state index in [2.05, 4.69) is 35.0 Å². The minimum atomic E-state index is -0.560. The number of carbonyl (C=O) groups excluding carboxylic acids is 2. The zero-order chi connectivity index (χ0) is 23.2. The van der Waals surface area contributed by atoms with Gasteiger partial charge >= 0.3 is 0 Å². The van der Waals surface area contributed by atoms with E-state index in [1.54, 1.807) is 6.08 Å². The van der Waals surface area contributed by atoms with Crippen LogP contribution in [0.1, 0.15) is 28.1 Å². The largest absolute Gasteiger partial charge is 0.318 e. The highest BCUT2D eigenvalue weighted by Gasteiger charge is 2.34. The van der Waals surface area contributed by atoms with Crippen molar-refractivity contribution in [2.75, 3.05) is 4.90 Å². The maximum Gasteiger partial charge on any atom is 0.270 e. The first-order chi connectivity index (χ1) is 15.2. The number of nitrogens with zero attached hydrogens (tertiary/aromatic N) is 2. The van der Waals surface area contributed by atoms with Gasteiger partial charge in [0.25, 0.3) is 11.8 Å². The van der Waals surface area contributed by atoms with Crippen LogP contribution in [0.2, 0.25) is 0 Å². The van der Waals surface area contributed by atoms with Crippen molar-refractivity contribution in [3.63, 3.8) is 0 Å². The lowest BCUT2D eigenvalue weighted by atomic mass is 10.1. The molecule has 1 saturated heterocycles. The fourth-order valence-corrected chi connectivity index (χ4v) is 4.28. The van der Waals surface area contributed by atoms with Crippen molar-refractivity contribution in [3.05, 3.63) is 88.0 Å². The molecule has 0 radical (unpaired) electrons. The Morgan fingerprint density at radius 2 is 1.66 bits per heavy atom. The van der Waals surface area contributed by atoms with E-state index in [4.69, 9.17) is 12.2 Å². The molecule has 1 aromatic heterocycles. The molecule has 1 fully saturated rings. The molecule has 3 aromatic rings. The van der Waals surface area contributed by atoms with Gasteiger partial charge in [-0.15, -0.1) is 0 Å². The van der Waals surface area contributed by atoms with E-state index in [1.165, 1.54) is 34.7 Å². The summed E-state index contributed by atoms with van der Waals surface area (Å²) >= 11 is 5.20. The first-order valence-corrected chi connectivity index (χ1v) is 10.5. The number of amides is 2. The molecule has 2 aromatic carbocycles. The van der Waals surface area contributed by atoms with Gasteiger partial charge in [-0.25, -0.2) is 4.39 Å². The molecule has 1 aliphatic rings. The monoisotopic (exact) mass is 447 g/mol. The van der Waals surface area contributed by atoms with Crippen LogP contribution < -0.4 is 10.2 Å². The summed E-state index contributed by atoms with van der Waals surface area (Å²) in [6, 6.07) is 13.5. The summed E-state index contributed by atoms with van der Waals surface area (Å²) in [5, 5.41) is 2.52. The number of carbonyl (C=O) groups is 2. The van der Waals surface area contributed by atoms with Crippen molar-refractivity contribution in [2.45, 2.75) is 27.7 Å². The van der Waals surface area contributed by atoms with E-state index < -0.39 is 17.6 Å². The van der Waals surface area contributed by atoms with Crippen molar-refractivity contribution in [2.24, 2.45) is 0 Å². The van der Waals surface area contributed by atoms with Crippen LogP contribution in [0.3, 0.4) is 0 Å². The number of anilines is 1. The predicted octanol–water partition coefficient (Wildman–Crippen LogP) is 4.68. The van der Waals surface area contributed by atoms with Crippen molar-refractivity contribution in [3.8, 4) is 5.69 Å². The van der Waals surface area contributed by atoms with E-state index in [0.29, 0.717) is 5.69 Å². The molecule has 0 saturated carbocycles. The van der Waals surface area contributed by atoms with Crippen LogP contribution in [0, 0.1) is 33.5 Å². The fourth-order valence-electron chi connectivity index (χ4n) is 4.00. The van der Waals surface area contributed by atoms with Crippen LogP contribution in [0.15, 0.2) is 54.1 Å². The predicted molar refractivity (Wildman–Crippen MR) is 127 cm³/mol. The van der Waals surface area contributed by atoms with Gasteiger partial charge in [-0.1, -0.05) is 17.7 Å². The molecule has 0 atom stereocenters. The van der Waals surface area contributed by atoms with Crippen LogP contribution in [-0.2, 0) is 9.59 Å². The maximum absolute atomic E-state index is 13.3. The zero-order valence-electron chi connectivity index (χ0n) is 18.2. The third-order valence-electron chi connectivity index (χ3n) is 5.55. The number of aromatic nitrogens is 1. The Balaban J connectivity index is 1.77. The van der Waals surface area contributed by atoms with Crippen molar-refractivity contribution in [1.82, 2.24) is 9.88 Å². The van der Waals surface area contributed by atoms with Crippen molar-refractivity contribution in [1.29, 1.82) is 0 Å². The van der Waals surface area contributed by atoms with Crippen LogP contribution in [0.5, 0.6) is 0 Å². The average molecular weight is 448 g/mol. The van der Waals surface area contributed by atoms with Crippen LogP contribution in [0.25, 0.3) is 11.8 Å². The summed E-state index contributed by atoms with van der Waals surface area (Å²) in [4.78, 5) is 27.0. The van der Waals surface area contributed by atoms with E-state index in [0.717, 1.165) is 28.2 Å². The first-order valence-electron chi connectivity index (χ1n) is 10.1. The van der Waals surface area contributed by atoms with Crippen LogP contribution in [-0.4, -0.2) is 21.5 Å². The molecule has 4 rings (SSSR count). The Morgan fingerprint density at radius 1 is 0.969 bits per heavy atom. The number of benzene rings is 2. The van der Waals surface area contributed by atoms with Gasteiger partial charge in [-0.05, 0) is 93.5 Å². The summed E-state index contributed by atoms with van der Waals surface area (Å²) in [6.07, 6.45) is 1.58. The van der Waals surface area contributed by atoms with E-state index >= 15 is 0 Å². The molecule has 0 bridgehead atoms. The fraction of sp³-hybridized carbons (Fsp3) is 0.160. The van der Waals surface area contributed by atoms with Crippen LogP contribution >= 0.6 is 12.2 Å². The number of nitrogens with one attached hydrogen (secondary N) is 1. The molecule has 1 N–H and O–H groups in total. The van der Waals surface area contributed by atoms with E-state index in [9.17, 15) is 14.0 Å². The minimum absolute atomic E-state index is 0.0375. The van der Waals surface area contributed by atoms with Gasteiger partial charge in [0.15, 0.2) is 5.11 Å². The second-order valence-electron chi connectivity index (χ2n) is 7.89. The minimum Gasteiger partial charge on any atom is -0.318 e. The number of halogens is 1. The summed E-state index contributed by atoms with van der Waals surface area (Å²) in [6.45, 7) is 8.04. The number of aryl methyl sites for hydroxylation is 3. The number of rotatable bonds is 3. The molecule has 162 valence electrons. The first kappa shape index (κ1) is 21.6. The van der Waals surface area contributed by atoms with Gasteiger partial charge in [-0.3, -0.25) is 19.8 Å². The van der Waals surface area contributed by atoms with Gasteiger partial charge in [0.05, 0.1) is 5.69 Å². The molecular formula is C25H22FN3O2S. The van der Waals surface area contributed by atoms with Gasteiger partial charge in [0.2, 0.25) is 0 Å². The second-order valence-corrected chi connectivity index (χ2v) is 8.27. The number of thiocarbonyl (C=S) groups is 1. The van der Waals surface area contributed by atoms with Gasteiger partial charge in [0, 0.05) is 17.1 Å². The number of hydrogen-bond acceptors (Lipinski definition) is 3. The Bertz CT molecular complexity index is 1310. The normalized spacial score (nSPS) is 15.5. The van der Waals surface area contributed by atoms with Gasteiger partial charge in [0.1, 0.15) is 11.4 Å². The van der Waals surface area contributed by atoms with Crippen molar-refractivity contribution >= 4 is 40.9 Å². The third kappa shape index (κ3) is 3.76. The maximum atomic E-state index is 13.3. The topological polar surface area (TPSA) is 54.3 Å². The summed E-state index contributed by atoms with van der Waals surface area (Å²) < 4.78 is 15.4. The molecule has 5 nitrogen and oxygen atoms in total. The summed E-state index contributed by atoms with van der Waals surface area (Å²) in [5.41, 5.74) is 6.34. The molecule has 0 aliphatic carbocycles. The Labute approximate surface area is 191 Å². The Hall–Kier alpha value is -3.58. The lowest BCUT2D eigenvalue weighted by Crippen LogP contribution is -2.54. The average Bonchev–Trinajstić information content (AvgIpc) is 3.00. The van der Waals surface area contributed by atoms with E-state index in [-0.39, 0.29) is 10.7 Å². The van der Waals surface area contributed by atoms with Gasteiger partial charge < -0.3 is 4.57 Å². The molecule has 32 heavy (non-hydrogen) atoms. The molecule has 0 spiro atoms. The summed E-state index contributed by atoms with van der Waals surface area (Å²) in [7, 11) is 0. The molecule has 0 unspecified atom stereocenters. The highest BCUT2D eigenvalue weighted by molar-refractivity contribution is 7.80. The molecule has 7 heteroatoms. The summed E-state index contributed by atoms with van der Waals surface area (Å²) in [5.74, 6) is -1.54. The quantitative estimate of drug-likeness (QED) is 0.360. The Kier molecular flexibility index (Phi) is 5.52. The van der Waals surface area contributed by atoms with Crippen molar-refractivity contribution < 1.29 is 14.0 Å². The van der Waals surface area contributed by atoms with E-state index in [1.807, 2.05) is 26.8 Å². The Morgan fingerprint density at radius 3 is 2.31 bits per heavy atom. The highest BCUT2D eigenvalue weighted by Crippen LogP contribution is 2.27. The third-order valence-corrected chi connectivity index (χ3v) is 5.83.